The zero-order valence-corrected chi connectivity index (χ0v) is 16.1. The number of likely N-dealkylation sites (tertiary alicyclic amines) is 1. The molecule has 1 aromatic carbocycles. The van der Waals surface area contributed by atoms with Gasteiger partial charge >= 0.3 is 12.1 Å². The number of ether oxygens (including phenoxy) is 4. The van der Waals surface area contributed by atoms with Crippen molar-refractivity contribution in [2.75, 3.05) is 33.1 Å². The summed E-state index contributed by atoms with van der Waals surface area (Å²) >= 11 is 6.04. The molecule has 0 aliphatic carbocycles. The highest BCUT2D eigenvalue weighted by Gasteiger charge is 2.25. The van der Waals surface area contributed by atoms with Crippen LogP contribution in [-0.4, -0.2) is 62.0 Å². The molecule has 0 unspecified atom stereocenters. The second kappa shape index (κ2) is 9.01. The van der Waals surface area contributed by atoms with Crippen molar-refractivity contribution in [1.82, 2.24) is 10.2 Å². The fourth-order valence-electron chi connectivity index (χ4n) is 2.99. The van der Waals surface area contributed by atoms with Crippen molar-refractivity contribution in [3.05, 3.63) is 22.7 Å². The molecule has 1 saturated heterocycles. The Morgan fingerprint density at radius 3 is 2.68 bits per heavy atom. The van der Waals surface area contributed by atoms with Crippen molar-refractivity contribution in [1.29, 1.82) is 0 Å². The number of piperidine rings is 1. The molecule has 0 bridgehead atoms. The zero-order chi connectivity index (χ0) is 20.1. The number of esters is 1. The van der Waals surface area contributed by atoms with Gasteiger partial charge in [-0.15, -0.1) is 0 Å². The summed E-state index contributed by atoms with van der Waals surface area (Å²) in [6.45, 7) is 2.70. The van der Waals surface area contributed by atoms with Crippen molar-refractivity contribution in [2.45, 2.75) is 25.8 Å². The number of hydrogen-bond acceptors (Lipinski definition) is 7. The van der Waals surface area contributed by atoms with Crippen LogP contribution in [0.1, 0.15) is 30.1 Å². The van der Waals surface area contributed by atoms with Gasteiger partial charge in [0.15, 0.2) is 18.1 Å². The number of hydrogen-bond donors (Lipinski definition) is 1. The van der Waals surface area contributed by atoms with Crippen LogP contribution in [0.3, 0.4) is 0 Å². The first-order valence-electron chi connectivity index (χ1n) is 8.95. The number of carbonyl (C=O) groups excluding carboxylic acids is 3. The van der Waals surface area contributed by atoms with Crippen molar-refractivity contribution in [3.63, 3.8) is 0 Å². The van der Waals surface area contributed by atoms with Crippen molar-refractivity contribution in [2.24, 2.45) is 0 Å². The maximum Gasteiger partial charge on any atom is 0.409 e. The molecular weight excluding hydrogens is 392 g/mol. The van der Waals surface area contributed by atoms with Crippen LogP contribution in [0.4, 0.5) is 4.79 Å². The van der Waals surface area contributed by atoms with E-state index in [0.29, 0.717) is 44.0 Å². The molecule has 0 atom stereocenters. The number of benzene rings is 1. The molecule has 2 heterocycles. The fourth-order valence-corrected chi connectivity index (χ4v) is 3.26. The highest BCUT2D eigenvalue weighted by Crippen LogP contribution is 2.39. The van der Waals surface area contributed by atoms with Crippen LogP contribution in [0, 0.1) is 0 Å². The van der Waals surface area contributed by atoms with Crippen LogP contribution >= 0.6 is 11.6 Å². The number of nitrogens with zero attached hydrogens (tertiary/aromatic N) is 1. The summed E-state index contributed by atoms with van der Waals surface area (Å²) in [6, 6.07) is 2.77. The molecule has 1 fully saturated rings. The van der Waals surface area contributed by atoms with Gasteiger partial charge in [0, 0.05) is 19.1 Å². The summed E-state index contributed by atoms with van der Waals surface area (Å²) in [4.78, 5) is 37.5. The van der Waals surface area contributed by atoms with Gasteiger partial charge in [0.25, 0.3) is 5.91 Å². The molecule has 1 N–H and O–H groups in total. The van der Waals surface area contributed by atoms with Crippen LogP contribution in [0.2, 0.25) is 5.02 Å². The standard InChI is InChI=1S/C18H21ClN2O7/c1-2-25-18(24)21-5-3-12(4-6-21)20-15(22)9-26-17(23)11-7-13(19)16-14(8-11)27-10-28-16/h7-8,12H,2-6,9-10H2,1H3,(H,20,22). The van der Waals surface area contributed by atoms with Gasteiger partial charge in [0.2, 0.25) is 6.79 Å². The second-order valence-corrected chi connectivity index (χ2v) is 6.70. The predicted molar refractivity (Wildman–Crippen MR) is 97.6 cm³/mol. The van der Waals surface area contributed by atoms with Gasteiger partial charge in [-0.1, -0.05) is 11.6 Å². The first-order valence-corrected chi connectivity index (χ1v) is 9.33. The monoisotopic (exact) mass is 412 g/mol. The number of carbonyl (C=O) groups is 3. The molecule has 1 aromatic rings. The van der Waals surface area contributed by atoms with E-state index >= 15 is 0 Å². The minimum atomic E-state index is -0.688. The largest absolute Gasteiger partial charge is 0.454 e. The Bertz CT molecular complexity index is 763. The van der Waals surface area contributed by atoms with Gasteiger partial charge < -0.3 is 29.2 Å². The van der Waals surface area contributed by atoms with E-state index in [4.69, 9.17) is 30.5 Å². The molecule has 2 aliphatic heterocycles. The number of amides is 2. The number of fused-ring (bicyclic) bond motifs is 1. The van der Waals surface area contributed by atoms with Gasteiger partial charge in [0.05, 0.1) is 17.2 Å². The topological polar surface area (TPSA) is 103 Å². The lowest BCUT2D eigenvalue weighted by Crippen LogP contribution is -2.47. The van der Waals surface area contributed by atoms with E-state index < -0.39 is 18.5 Å². The summed E-state index contributed by atoms with van der Waals surface area (Å²) in [5.74, 6) is -0.357. The lowest BCUT2D eigenvalue weighted by Gasteiger charge is -2.31. The Morgan fingerprint density at radius 1 is 1.21 bits per heavy atom. The maximum atomic E-state index is 12.2. The highest BCUT2D eigenvalue weighted by atomic mass is 35.5. The third-order valence-corrected chi connectivity index (χ3v) is 4.66. The highest BCUT2D eigenvalue weighted by molar-refractivity contribution is 6.32. The van der Waals surface area contributed by atoms with Crippen LogP contribution in [0.25, 0.3) is 0 Å². The molecule has 0 spiro atoms. The average molecular weight is 413 g/mol. The van der Waals surface area contributed by atoms with E-state index in [2.05, 4.69) is 5.32 Å². The normalized spacial score (nSPS) is 15.9. The molecule has 0 aromatic heterocycles. The Morgan fingerprint density at radius 2 is 1.96 bits per heavy atom. The van der Waals surface area contributed by atoms with Crippen molar-refractivity contribution < 1.29 is 33.3 Å². The van der Waals surface area contributed by atoms with Crippen LogP contribution in [0.15, 0.2) is 12.1 Å². The minimum absolute atomic E-state index is 0.0327. The quantitative estimate of drug-likeness (QED) is 0.737. The van der Waals surface area contributed by atoms with E-state index in [0.717, 1.165) is 0 Å². The molecule has 0 radical (unpaired) electrons. The van der Waals surface area contributed by atoms with Gasteiger partial charge in [0.1, 0.15) is 0 Å². The lowest BCUT2D eigenvalue weighted by molar-refractivity contribution is -0.125. The Kier molecular flexibility index (Phi) is 6.45. The van der Waals surface area contributed by atoms with E-state index in [-0.39, 0.29) is 29.5 Å². The third kappa shape index (κ3) is 4.78. The first kappa shape index (κ1) is 20.1. The van der Waals surface area contributed by atoms with E-state index in [1.54, 1.807) is 11.8 Å². The molecule has 28 heavy (non-hydrogen) atoms. The smallest absolute Gasteiger partial charge is 0.409 e. The summed E-state index contributed by atoms with van der Waals surface area (Å²) < 4.78 is 20.4. The molecule has 2 aliphatic rings. The Hall–Kier alpha value is -2.68. The average Bonchev–Trinajstić information content (AvgIpc) is 3.16. The molecule has 3 rings (SSSR count). The summed E-state index contributed by atoms with van der Waals surface area (Å²) in [6.07, 6.45) is 0.871. The molecule has 0 saturated carbocycles. The van der Waals surface area contributed by atoms with Gasteiger partial charge in [-0.3, -0.25) is 4.79 Å². The molecule has 10 heteroatoms. The Labute approximate surface area is 166 Å². The molecule has 152 valence electrons. The second-order valence-electron chi connectivity index (χ2n) is 6.30. The Balaban J connectivity index is 1.43. The third-order valence-electron chi connectivity index (χ3n) is 4.38. The van der Waals surface area contributed by atoms with E-state index in [1.165, 1.54) is 12.1 Å². The zero-order valence-electron chi connectivity index (χ0n) is 15.4. The minimum Gasteiger partial charge on any atom is -0.454 e. The van der Waals surface area contributed by atoms with Gasteiger partial charge in [-0.25, -0.2) is 9.59 Å². The van der Waals surface area contributed by atoms with Crippen molar-refractivity contribution in [3.8, 4) is 11.5 Å². The number of rotatable bonds is 5. The number of halogens is 1. The van der Waals surface area contributed by atoms with Crippen LogP contribution in [-0.2, 0) is 14.3 Å². The van der Waals surface area contributed by atoms with Crippen LogP contribution < -0.4 is 14.8 Å². The fraction of sp³-hybridized carbons (Fsp3) is 0.500. The lowest BCUT2D eigenvalue weighted by atomic mass is 10.1. The first-order chi connectivity index (χ1) is 13.5. The van der Waals surface area contributed by atoms with Crippen molar-refractivity contribution >= 4 is 29.6 Å². The van der Waals surface area contributed by atoms with Gasteiger partial charge in [-0.05, 0) is 31.9 Å². The number of nitrogens with one attached hydrogen (secondary N) is 1. The predicted octanol–water partition coefficient (Wildman–Crippen LogP) is 1.96. The summed E-state index contributed by atoms with van der Waals surface area (Å²) in [7, 11) is 0. The summed E-state index contributed by atoms with van der Waals surface area (Å²) in [5.41, 5.74) is 0.171. The molecular formula is C18H21ClN2O7. The van der Waals surface area contributed by atoms with E-state index in [1.807, 2.05) is 0 Å². The molecule has 9 nitrogen and oxygen atoms in total. The van der Waals surface area contributed by atoms with E-state index in [9.17, 15) is 14.4 Å². The molecule has 2 amide bonds. The summed E-state index contributed by atoms with van der Waals surface area (Å²) in [5, 5.41) is 3.04. The maximum absolute atomic E-state index is 12.2. The van der Waals surface area contributed by atoms with Gasteiger partial charge in [-0.2, -0.15) is 0 Å². The SMILES string of the molecule is CCOC(=O)N1CCC(NC(=O)COC(=O)c2cc(Cl)c3c(c2)OCO3)CC1. The van der Waals surface area contributed by atoms with Crippen LogP contribution in [0.5, 0.6) is 11.5 Å².